The Labute approximate surface area is 110 Å². The van der Waals surface area contributed by atoms with Gasteiger partial charge in [-0.3, -0.25) is 4.79 Å². The van der Waals surface area contributed by atoms with Crippen LogP contribution in [0.4, 0.5) is 0 Å². The highest BCUT2D eigenvalue weighted by Crippen LogP contribution is 2.17. The number of hydrogen-bond acceptors (Lipinski definition) is 3. The summed E-state index contributed by atoms with van der Waals surface area (Å²) in [7, 11) is 0. The zero-order chi connectivity index (χ0) is 12.8. The molecule has 1 saturated heterocycles. The molecule has 0 spiro atoms. The van der Waals surface area contributed by atoms with Crippen molar-refractivity contribution in [2.24, 2.45) is 0 Å². The quantitative estimate of drug-likeness (QED) is 0.659. The molecule has 2 fully saturated rings. The first-order chi connectivity index (χ1) is 8.68. The molecule has 4 nitrogen and oxygen atoms in total. The van der Waals surface area contributed by atoms with Gasteiger partial charge in [-0.15, -0.1) is 0 Å². The van der Waals surface area contributed by atoms with Gasteiger partial charge in [0.1, 0.15) is 0 Å². The van der Waals surface area contributed by atoms with Crippen molar-refractivity contribution in [3.8, 4) is 0 Å². The Kier molecular flexibility index (Phi) is 5.01. The van der Waals surface area contributed by atoms with Gasteiger partial charge in [-0.1, -0.05) is 25.7 Å². The summed E-state index contributed by atoms with van der Waals surface area (Å²) < 4.78 is 0. The highest BCUT2D eigenvalue weighted by molar-refractivity contribution is 5.78. The maximum Gasteiger partial charge on any atom is 0.234 e. The average molecular weight is 253 g/mol. The molecule has 4 heteroatoms. The van der Waals surface area contributed by atoms with Crippen LogP contribution in [0.1, 0.15) is 51.9 Å². The number of hydrogen-bond donors (Lipinski definition) is 3. The lowest BCUT2D eigenvalue weighted by Gasteiger charge is -2.25. The summed E-state index contributed by atoms with van der Waals surface area (Å²) in [6, 6.07) is 0.413. The summed E-state index contributed by atoms with van der Waals surface area (Å²) >= 11 is 0. The zero-order valence-electron chi connectivity index (χ0n) is 11.6. The van der Waals surface area contributed by atoms with E-state index in [1.807, 2.05) is 0 Å². The van der Waals surface area contributed by atoms with E-state index in [0.717, 1.165) is 32.4 Å². The molecule has 0 aromatic carbocycles. The Morgan fingerprint density at radius 1 is 1.28 bits per heavy atom. The van der Waals surface area contributed by atoms with Gasteiger partial charge >= 0.3 is 0 Å². The normalized spacial score (nSPS) is 30.1. The van der Waals surface area contributed by atoms with Crippen LogP contribution in [0, 0.1) is 0 Å². The van der Waals surface area contributed by atoms with Crippen molar-refractivity contribution >= 4 is 5.91 Å². The molecule has 0 radical (unpaired) electrons. The lowest BCUT2D eigenvalue weighted by atomic mass is 10.0. The van der Waals surface area contributed by atoms with E-state index in [1.54, 1.807) is 0 Å². The Hall–Kier alpha value is -0.610. The fraction of sp³-hybridized carbons (Fsp3) is 0.929. The molecule has 1 unspecified atom stereocenters. The third-order valence-corrected chi connectivity index (χ3v) is 4.26. The largest absolute Gasteiger partial charge is 0.352 e. The van der Waals surface area contributed by atoms with Gasteiger partial charge in [-0.25, -0.2) is 0 Å². The standard InChI is InChI=1S/C14H27N3O/c1-14(8-9-15-11-14)16-10-13(18)17-12-6-4-2-3-5-7-12/h12,15-16H,2-11H2,1H3,(H,17,18). The number of rotatable bonds is 4. The molecule has 1 aliphatic heterocycles. The zero-order valence-corrected chi connectivity index (χ0v) is 11.6. The number of amides is 1. The number of carbonyl (C=O) groups excluding carboxylic acids is 1. The first kappa shape index (κ1) is 13.8. The highest BCUT2D eigenvalue weighted by Gasteiger charge is 2.28. The second kappa shape index (κ2) is 6.53. The van der Waals surface area contributed by atoms with Gasteiger partial charge in [0.15, 0.2) is 0 Å². The van der Waals surface area contributed by atoms with Crippen molar-refractivity contribution in [2.75, 3.05) is 19.6 Å². The van der Waals surface area contributed by atoms with Crippen molar-refractivity contribution in [1.29, 1.82) is 0 Å². The summed E-state index contributed by atoms with van der Waals surface area (Å²) in [5, 5.41) is 9.90. The molecule has 2 aliphatic rings. The third kappa shape index (κ3) is 4.25. The number of carbonyl (C=O) groups is 1. The molecule has 104 valence electrons. The summed E-state index contributed by atoms with van der Waals surface area (Å²) in [5.74, 6) is 0.162. The van der Waals surface area contributed by atoms with Gasteiger partial charge in [0.2, 0.25) is 5.91 Å². The van der Waals surface area contributed by atoms with Crippen LogP contribution in [0.3, 0.4) is 0 Å². The second-order valence-electron chi connectivity index (χ2n) is 6.10. The molecule has 0 bridgehead atoms. The van der Waals surface area contributed by atoms with E-state index in [-0.39, 0.29) is 11.4 Å². The van der Waals surface area contributed by atoms with Crippen LogP contribution in [0.5, 0.6) is 0 Å². The fourth-order valence-corrected chi connectivity index (χ4v) is 2.96. The summed E-state index contributed by atoms with van der Waals surface area (Å²) in [4.78, 5) is 11.9. The van der Waals surface area contributed by atoms with Gasteiger partial charge < -0.3 is 16.0 Å². The van der Waals surface area contributed by atoms with Gasteiger partial charge in [-0.2, -0.15) is 0 Å². The Balaban J connectivity index is 1.67. The van der Waals surface area contributed by atoms with Crippen LogP contribution in [0.2, 0.25) is 0 Å². The summed E-state index contributed by atoms with van der Waals surface area (Å²) in [6.45, 7) is 4.65. The van der Waals surface area contributed by atoms with E-state index in [2.05, 4.69) is 22.9 Å². The minimum atomic E-state index is 0.0980. The second-order valence-corrected chi connectivity index (χ2v) is 6.10. The van der Waals surface area contributed by atoms with Gasteiger partial charge in [0.25, 0.3) is 0 Å². The monoisotopic (exact) mass is 253 g/mol. The van der Waals surface area contributed by atoms with Gasteiger partial charge in [0.05, 0.1) is 6.54 Å². The minimum Gasteiger partial charge on any atom is -0.352 e. The minimum absolute atomic E-state index is 0.0980. The van der Waals surface area contributed by atoms with E-state index in [1.165, 1.54) is 25.7 Å². The van der Waals surface area contributed by atoms with Gasteiger partial charge in [0, 0.05) is 18.1 Å². The molecular weight excluding hydrogens is 226 g/mol. The lowest BCUT2D eigenvalue weighted by molar-refractivity contribution is -0.121. The first-order valence-electron chi connectivity index (χ1n) is 7.43. The Bertz CT molecular complexity index is 266. The van der Waals surface area contributed by atoms with E-state index < -0.39 is 0 Å². The molecule has 1 amide bonds. The topological polar surface area (TPSA) is 53.2 Å². The van der Waals surface area contributed by atoms with Crippen LogP contribution in [-0.2, 0) is 4.79 Å². The maximum absolute atomic E-state index is 11.9. The predicted octanol–water partition coefficient (Wildman–Crippen LogP) is 1.17. The van der Waals surface area contributed by atoms with Crippen molar-refractivity contribution < 1.29 is 4.79 Å². The van der Waals surface area contributed by atoms with Crippen LogP contribution in [0.15, 0.2) is 0 Å². The van der Waals surface area contributed by atoms with E-state index in [4.69, 9.17) is 0 Å². The smallest absolute Gasteiger partial charge is 0.234 e. The number of nitrogens with one attached hydrogen (secondary N) is 3. The molecule has 2 rings (SSSR count). The third-order valence-electron chi connectivity index (χ3n) is 4.26. The molecule has 1 aliphatic carbocycles. The van der Waals surface area contributed by atoms with E-state index in [9.17, 15) is 4.79 Å². The van der Waals surface area contributed by atoms with Gasteiger partial charge in [-0.05, 0) is 32.7 Å². The summed E-state index contributed by atoms with van der Waals surface area (Å²) in [6.07, 6.45) is 8.60. The van der Waals surface area contributed by atoms with Crippen molar-refractivity contribution in [3.63, 3.8) is 0 Å². The average Bonchev–Trinajstić information content (AvgIpc) is 2.62. The van der Waals surface area contributed by atoms with Crippen molar-refractivity contribution in [3.05, 3.63) is 0 Å². The maximum atomic E-state index is 11.9. The van der Waals surface area contributed by atoms with Crippen LogP contribution in [-0.4, -0.2) is 37.1 Å². The van der Waals surface area contributed by atoms with E-state index >= 15 is 0 Å². The SMILES string of the molecule is CC1(NCC(=O)NC2CCCCCC2)CCNC1. The van der Waals surface area contributed by atoms with Crippen molar-refractivity contribution in [1.82, 2.24) is 16.0 Å². The van der Waals surface area contributed by atoms with Crippen LogP contribution in [0.25, 0.3) is 0 Å². The van der Waals surface area contributed by atoms with Crippen LogP contribution >= 0.6 is 0 Å². The van der Waals surface area contributed by atoms with Crippen molar-refractivity contribution in [2.45, 2.75) is 63.5 Å². The molecule has 0 aromatic heterocycles. The van der Waals surface area contributed by atoms with Crippen LogP contribution < -0.4 is 16.0 Å². The molecular formula is C14H27N3O. The molecule has 1 atom stereocenters. The predicted molar refractivity (Wildman–Crippen MR) is 73.5 cm³/mol. The Morgan fingerprint density at radius 3 is 2.61 bits per heavy atom. The molecule has 3 N–H and O–H groups in total. The fourth-order valence-electron chi connectivity index (χ4n) is 2.96. The molecule has 18 heavy (non-hydrogen) atoms. The molecule has 1 heterocycles. The molecule has 0 aromatic rings. The first-order valence-corrected chi connectivity index (χ1v) is 7.43. The highest BCUT2D eigenvalue weighted by atomic mass is 16.2. The summed E-state index contributed by atoms with van der Waals surface area (Å²) in [5.41, 5.74) is 0.0980. The lowest BCUT2D eigenvalue weighted by Crippen LogP contribution is -2.49. The Morgan fingerprint density at radius 2 is 2.00 bits per heavy atom. The van der Waals surface area contributed by atoms with E-state index in [0.29, 0.717) is 12.6 Å². The molecule has 1 saturated carbocycles.